The fourth-order valence-corrected chi connectivity index (χ4v) is 2.19. The van der Waals surface area contributed by atoms with Gasteiger partial charge in [0.2, 0.25) is 0 Å². The molecule has 0 radical (unpaired) electrons. The Hall–Kier alpha value is -1.03. The maximum atomic E-state index is 12.1. The van der Waals surface area contributed by atoms with Gasteiger partial charge in [0.15, 0.2) is 0 Å². The Kier molecular flexibility index (Phi) is 2.21. The first kappa shape index (κ1) is 10.1. The third kappa shape index (κ3) is 1.71. The van der Waals surface area contributed by atoms with Crippen molar-refractivity contribution in [1.29, 1.82) is 0 Å². The predicted molar refractivity (Wildman–Crippen MR) is 61.0 cm³/mol. The first-order valence-corrected chi connectivity index (χ1v) is 6.06. The maximum absolute atomic E-state index is 12.1. The first-order valence-electron chi connectivity index (χ1n) is 5.68. The quantitative estimate of drug-likeness (QED) is 0.750. The highest BCUT2D eigenvalue weighted by Gasteiger charge is 2.29. The van der Waals surface area contributed by atoms with Gasteiger partial charge in [-0.3, -0.25) is 13.9 Å². The Morgan fingerprint density at radius 3 is 2.50 bits per heavy atom. The molecule has 0 amide bonds. The minimum Gasteiger partial charge on any atom is -0.283 e. The zero-order valence-electron chi connectivity index (χ0n) is 8.86. The number of aromatic nitrogens is 2. The summed E-state index contributed by atoms with van der Waals surface area (Å²) in [6, 6.07) is 1.48. The molecule has 0 aromatic carbocycles. The van der Waals surface area contributed by atoms with Crippen LogP contribution in [0.3, 0.4) is 0 Å². The van der Waals surface area contributed by atoms with Gasteiger partial charge in [0.05, 0.1) is 0 Å². The zero-order chi connectivity index (χ0) is 11.3. The van der Waals surface area contributed by atoms with Crippen LogP contribution in [0, 0.1) is 5.92 Å². The van der Waals surface area contributed by atoms with Crippen LogP contribution in [0.5, 0.6) is 0 Å². The molecule has 0 saturated heterocycles. The van der Waals surface area contributed by atoms with Crippen LogP contribution < -0.4 is 11.2 Å². The summed E-state index contributed by atoms with van der Waals surface area (Å²) in [5, 5.41) is 0.277. The minimum atomic E-state index is -0.260. The lowest BCUT2D eigenvalue weighted by Crippen LogP contribution is -2.39. The lowest BCUT2D eigenvalue weighted by Gasteiger charge is -2.10. The van der Waals surface area contributed by atoms with Crippen molar-refractivity contribution in [3.63, 3.8) is 0 Å². The molecule has 3 rings (SSSR count). The Morgan fingerprint density at radius 2 is 1.94 bits per heavy atom. The summed E-state index contributed by atoms with van der Waals surface area (Å²) < 4.78 is 2.90. The normalized spacial score (nSPS) is 20.1. The second-order valence-corrected chi connectivity index (χ2v) is 5.13. The van der Waals surface area contributed by atoms with Crippen LogP contribution in [0.4, 0.5) is 0 Å². The molecule has 0 bridgehead atoms. The Bertz CT molecular complexity index is 538. The van der Waals surface area contributed by atoms with Gasteiger partial charge in [-0.1, -0.05) is 11.6 Å². The van der Waals surface area contributed by atoms with Crippen LogP contribution in [0.25, 0.3) is 0 Å². The highest BCUT2D eigenvalue weighted by Crippen LogP contribution is 2.33. The third-order valence-electron chi connectivity index (χ3n) is 3.22. The van der Waals surface area contributed by atoms with Gasteiger partial charge in [0.25, 0.3) is 5.56 Å². The van der Waals surface area contributed by atoms with E-state index >= 15 is 0 Å². The van der Waals surface area contributed by atoms with Gasteiger partial charge >= 0.3 is 5.69 Å². The molecule has 2 aliphatic rings. The second-order valence-electron chi connectivity index (χ2n) is 4.74. The van der Waals surface area contributed by atoms with Gasteiger partial charge < -0.3 is 0 Å². The number of hydrogen-bond acceptors (Lipinski definition) is 2. The van der Waals surface area contributed by atoms with Crippen LogP contribution in [-0.2, 0) is 6.54 Å². The molecule has 0 spiro atoms. The zero-order valence-corrected chi connectivity index (χ0v) is 9.61. The van der Waals surface area contributed by atoms with Crippen LogP contribution in [0.2, 0.25) is 5.15 Å². The lowest BCUT2D eigenvalue weighted by molar-refractivity contribution is 0.533. The molecule has 0 unspecified atom stereocenters. The Balaban J connectivity index is 2.11. The van der Waals surface area contributed by atoms with Gasteiger partial charge in [-0.25, -0.2) is 4.79 Å². The average molecular weight is 241 g/mol. The van der Waals surface area contributed by atoms with Crippen molar-refractivity contribution in [2.45, 2.75) is 38.3 Å². The van der Waals surface area contributed by atoms with E-state index in [-0.39, 0.29) is 22.4 Å². The molecule has 5 heteroatoms. The van der Waals surface area contributed by atoms with E-state index in [0.717, 1.165) is 25.7 Å². The molecule has 2 aliphatic carbocycles. The highest BCUT2D eigenvalue weighted by atomic mass is 35.5. The van der Waals surface area contributed by atoms with Gasteiger partial charge in [-0.2, -0.15) is 0 Å². The minimum absolute atomic E-state index is 0.114. The molecular formula is C11H13ClN2O2. The van der Waals surface area contributed by atoms with Crippen molar-refractivity contribution in [2.24, 2.45) is 5.92 Å². The molecule has 1 heterocycles. The standard InChI is InChI=1S/C11H13ClN2O2/c12-9-5-10(15)14(8-3-4-8)11(16)13(9)6-7-1-2-7/h5,7-8H,1-4,6H2. The summed E-state index contributed by atoms with van der Waals surface area (Å²) in [5.41, 5.74) is -0.489. The van der Waals surface area contributed by atoms with Gasteiger partial charge in [0, 0.05) is 18.7 Å². The van der Waals surface area contributed by atoms with E-state index in [2.05, 4.69) is 0 Å². The van der Waals surface area contributed by atoms with Crippen molar-refractivity contribution in [1.82, 2.24) is 9.13 Å². The van der Waals surface area contributed by atoms with Crippen LogP contribution >= 0.6 is 11.6 Å². The summed E-state index contributed by atoms with van der Waals surface area (Å²) in [6.45, 7) is 0.657. The Morgan fingerprint density at radius 1 is 1.25 bits per heavy atom. The van der Waals surface area contributed by atoms with Crippen molar-refractivity contribution in [3.05, 3.63) is 32.1 Å². The van der Waals surface area contributed by atoms with Crippen molar-refractivity contribution >= 4 is 11.6 Å². The first-order chi connectivity index (χ1) is 7.66. The molecule has 0 aliphatic heterocycles. The summed E-state index contributed by atoms with van der Waals surface area (Å²) >= 11 is 5.95. The van der Waals surface area contributed by atoms with E-state index in [0.29, 0.717) is 12.5 Å². The average Bonchev–Trinajstić information content (AvgIpc) is 3.06. The summed E-state index contributed by atoms with van der Waals surface area (Å²) in [6.07, 6.45) is 4.18. The highest BCUT2D eigenvalue weighted by molar-refractivity contribution is 6.29. The SMILES string of the molecule is O=c1cc(Cl)n(CC2CC2)c(=O)n1C1CC1. The second kappa shape index (κ2) is 3.48. The smallest absolute Gasteiger partial charge is 0.283 e. The van der Waals surface area contributed by atoms with Crippen LogP contribution in [0.15, 0.2) is 15.7 Å². The van der Waals surface area contributed by atoms with Gasteiger partial charge in [-0.15, -0.1) is 0 Å². The number of halogens is 1. The van der Waals surface area contributed by atoms with E-state index in [9.17, 15) is 9.59 Å². The molecule has 2 saturated carbocycles. The topological polar surface area (TPSA) is 44.0 Å². The van der Waals surface area contributed by atoms with Crippen LogP contribution in [-0.4, -0.2) is 9.13 Å². The molecule has 0 atom stereocenters. The molecular weight excluding hydrogens is 228 g/mol. The van der Waals surface area contributed by atoms with E-state index in [1.165, 1.54) is 10.6 Å². The fraction of sp³-hybridized carbons (Fsp3) is 0.636. The van der Waals surface area contributed by atoms with Crippen LogP contribution in [0.1, 0.15) is 31.7 Å². The van der Waals surface area contributed by atoms with Gasteiger partial charge in [-0.05, 0) is 31.6 Å². The van der Waals surface area contributed by atoms with Gasteiger partial charge in [0.1, 0.15) is 5.15 Å². The van der Waals surface area contributed by atoms with Crippen molar-refractivity contribution in [3.8, 4) is 0 Å². The molecule has 16 heavy (non-hydrogen) atoms. The fourth-order valence-electron chi connectivity index (χ4n) is 1.96. The number of hydrogen-bond donors (Lipinski definition) is 0. The molecule has 2 fully saturated rings. The number of rotatable bonds is 3. The summed E-state index contributed by atoms with van der Waals surface area (Å²) in [7, 11) is 0. The molecule has 0 N–H and O–H groups in total. The largest absolute Gasteiger partial charge is 0.332 e. The van der Waals surface area contributed by atoms with E-state index < -0.39 is 0 Å². The maximum Gasteiger partial charge on any atom is 0.332 e. The number of nitrogens with zero attached hydrogens (tertiary/aromatic N) is 2. The van der Waals surface area contributed by atoms with Crippen molar-refractivity contribution < 1.29 is 0 Å². The molecule has 1 aromatic heterocycles. The molecule has 4 nitrogen and oxygen atoms in total. The summed E-state index contributed by atoms with van der Waals surface area (Å²) in [5.74, 6) is 0.570. The van der Waals surface area contributed by atoms with Crippen molar-refractivity contribution in [2.75, 3.05) is 0 Å². The third-order valence-corrected chi connectivity index (χ3v) is 3.54. The molecule has 86 valence electrons. The van der Waals surface area contributed by atoms with E-state index in [4.69, 9.17) is 11.6 Å². The van der Waals surface area contributed by atoms with E-state index in [1.54, 1.807) is 4.57 Å². The predicted octanol–water partition coefficient (Wildman–Crippen LogP) is 1.41. The monoisotopic (exact) mass is 240 g/mol. The lowest BCUT2D eigenvalue weighted by atomic mass is 10.4. The van der Waals surface area contributed by atoms with E-state index in [1.807, 2.05) is 0 Å². The Labute approximate surface area is 97.5 Å². The summed E-state index contributed by atoms with van der Waals surface area (Å²) in [4.78, 5) is 23.8. The molecule has 1 aromatic rings.